The van der Waals surface area contributed by atoms with Gasteiger partial charge in [0.1, 0.15) is 5.69 Å². The van der Waals surface area contributed by atoms with Gasteiger partial charge in [-0.15, -0.1) is 0 Å². The van der Waals surface area contributed by atoms with Crippen LogP contribution in [0.5, 0.6) is 0 Å². The maximum absolute atomic E-state index is 10.9. The summed E-state index contributed by atoms with van der Waals surface area (Å²) < 4.78 is 2.09. The molecule has 1 N–H and O–H groups in total. The Labute approximate surface area is 127 Å². The minimum absolute atomic E-state index is 0.107. The molecule has 6 heteroatoms. The van der Waals surface area contributed by atoms with Gasteiger partial charge in [0.05, 0.1) is 22.3 Å². The Bertz CT molecular complexity index is 797. The smallest absolute Gasteiger partial charge is 0.292 e. The lowest BCUT2D eigenvalue weighted by Gasteiger charge is -2.08. The van der Waals surface area contributed by atoms with Crippen molar-refractivity contribution in [1.29, 1.82) is 0 Å². The number of nitro benzene ring substituents is 1. The molecule has 0 radical (unpaired) electrons. The summed E-state index contributed by atoms with van der Waals surface area (Å²) in [5.41, 5.74) is 2.75. The molecule has 0 amide bonds. The van der Waals surface area contributed by atoms with Gasteiger partial charge in [-0.3, -0.25) is 10.1 Å². The number of anilines is 1. The molecule has 0 unspecified atom stereocenters. The fraction of sp³-hybridized carbons (Fsp3) is 0.188. The number of rotatable bonds is 6. The summed E-state index contributed by atoms with van der Waals surface area (Å²) in [6, 6.07) is 14.7. The van der Waals surface area contributed by atoms with Gasteiger partial charge >= 0.3 is 0 Å². The Morgan fingerprint density at radius 1 is 1.14 bits per heavy atom. The summed E-state index contributed by atoms with van der Waals surface area (Å²) in [6.07, 6.45) is 2.68. The Morgan fingerprint density at radius 3 is 2.77 bits per heavy atom. The van der Waals surface area contributed by atoms with Gasteiger partial charge < -0.3 is 9.88 Å². The first-order valence-corrected chi connectivity index (χ1v) is 7.13. The number of aromatic nitrogens is 2. The average Bonchev–Trinajstić information content (AvgIpc) is 2.95. The third kappa shape index (κ3) is 2.90. The van der Waals surface area contributed by atoms with Crippen molar-refractivity contribution in [1.82, 2.24) is 9.55 Å². The first-order chi connectivity index (χ1) is 10.8. The summed E-state index contributed by atoms with van der Waals surface area (Å²) in [7, 11) is 0. The molecule has 2 aromatic carbocycles. The molecular formula is C16H16N4O2. The molecule has 0 saturated heterocycles. The van der Waals surface area contributed by atoms with Gasteiger partial charge in [0, 0.05) is 19.2 Å². The van der Waals surface area contributed by atoms with Crippen LogP contribution in [-0.2, 0) is 6.54 Å². The van der Waals surface area contributed by atoms with Gasteiger partial charge in [-0.05, 0) is 24.6 Å². The van der Waals surface area contributed by atoms with Crippen molar-refractivity contribution in [2.24, 2.45) is 0 Å². The zero-order valence-corrected chi connectivity index (χ0v) is 12.0. The molecule has 112 valence electrons. The standard InChI is InChI=1S/C16H16N4O2/c21-20(22)16-9-4-2-7-14(16)17-10-5-11-19-12-18-13-6-1-3-8-15(13)19/h1-4,6-9,12,17H,5,10-11H2. The largest absolute Gasteiger partial charge is 0.379 e. The molecule has 0 saturated carbocycles. The van der Waals surface area contributed by atoms with Gasteiger partial charge in [0.2, 0.25) is 0 Å². The molecule has 0 aliphatic heterocycles. The van der Waals surface area contributed by atoms with E-state index in [-0.39, 0.29) is 10.6 Å². The Hall–Kier alpha value is -2.89. The Morgan fingerprint density at radius 2 is 1.91 bits per heavy atom. The van der Waals surface area contributed by atoms with Crippen LogP contribution in [0.3, 0.4) is 0 Å². The van der Waals surface area contributed by atoms with Crippen molar-refractivity contribution in [3.8, 4) is 0 Å². The third-order valence-electron chi connectivity index (χ3n) is 3.52. The van der Waals surface area contributed by atoms with Crippen LogP contribution in [0.15, 0.2) is 54.9 Å². The second-order valence-corrected chi connectivity index (χ2v) is 4.98. The minimum atomic E-state index is -0.369. The van der Waals surface area contributed by atoms with Crippen molar-refractivity contribution < 1.29 is 4.92 Å². The zero-order chi connectivity index (χ0) is 15.4. The van der Waals surface area contributed by atoms with Gasteiger partial charge in [-0.25, -0.2) is 4.98 Å². The fourth-order valence-corrected chi connectivity index (χ4v) is 2.44. The van der Waals surface area contributed by atoms with Crippen LogP contribution in [0.25, 0.3) is 11.0 Å². The molecule has 0 aliphatic rings. The van der Waals surface area contributed by atoms with Gasteiger partial charge in [-0.1, -0.05) is 24.3 Å². The van der Waals surface area contributed by atoms with Crippen molar-refractivity contribution in [2.45, 2.75) is 13.0 Å². The van der Waals surface area contributed by atoms with Crippen molar-refractivity contribution in [2.75, 3.05) is 11.9 Å². The van der Waals surface area contributed by atoms with Crippen molar-refractivity contribution in [3.05, 3.63) is 65.0 Å². The minimum Gasteiger partial charge on any atom is -0.379 e. The van der Waals surface area contributed by atoms with Crippen LogP contribution in [0, 0.1) is 10.1 Å². The van der Waals surface area contributed by atoms with E-state index < -0.39 is 0 Å². The van der Waals surface area contributed by atoms with Gasteiger partial charge in [-0.2, -0.15) is 0 Å². The molecule has 6 nitrogen and oxygen atoms in total. The maximum Gasteiger partial charge on any atom is 0.292 e. The van der Waals surface area contributed by atoms with Crippen LogP contribution in [0.1, 0.15) is 6.42 Å². The highest BCUT2D eigenvalue weighted by Crippen LogP contribution is 2.23. The topological polar surface area (TPSA) is 73.0 Å². The quantitative estimate of drug-likeness (QED) is 0.429. The van der Waals surface area contributed by atoms with Crippen LogP contribution in [-0.4, -0.2) is 21.0 Å². The third-order valence-corrected chi connectivity index (χ3v) is 3.52. The normalized spacial score (nSPS) is 10.7. The molecular weight excluding hydrogens is 280 g/mol. The highest BCUT2D eigenvalue weighted by atomic mass is 16.6. The van der Waals surface area contributed by atoms with Crippen molar-refractivity contribution in [3.63, 3.8) is 0 Å². The first-order valence-electron chi connectivity index (χ1n) is 7.13. The van der Waals surface area contributed by atoms with Crippen molar-refractivity contribution >= 4 is 22.4 Å². The van der Waals surface area contributed by atoms with E-state index in [0.717, 1.165) is 24.0 Å². The second-order valence-electron chi connectivity index (χ2n) is 4.98. The average molecular weight is 296 g/mol. The monoisotopic (exact) mass is 296 g/mol. The van der Waals surface area contributed by atoms with E-state index in [1.807, 2.05) is 30.6 Å². The highest BCUT2D eigenvalue weighted by molar-refractivity contribution is 5.74. The number of para-hydroxylation sites is 4. The number of imidazole rings is 1. The SMILES string of the molecule is O=[N+]([O-])c1ccccc1NCCCn1cnc2ccccc21. The Kier molecular flexibility index (Phi) is 4.00. The molecule has 3 aromatic rings. The van der Waals surface area contributed by atoms with E-state index in [0.29, 0.717) is 12.2 Å². The van der Waals surface area contributed by atoms with E-state index in [1.54, 1.807) is 18.2 Å². The van der Waals surface area contributed by atoms with Gasteiger partial charge in [0.15, 0.2) is 0 Å². The van der Waals surface area contributed by atoms with Crippen LogP contribution in [0.2, 0.25) is 0 Å². The summed E-state index contributed by atoms with van der Waals surface area (Å²) in [5.74, 6) is 0. The van der Waals surface area contributed by atoms with Gasteiger partial charge in [0.25, 0.3) is 5.69 Å². The summed E-state index contributed by atoms with van der Waals surface area (Å²) in [5, 5.41) is 14.1. The lowest BCUT2D eigenvalue weighted by Crippen LogP contribution is -2.07. The number of nitro groups is 1. The van der Waals surface area contributed by atoms with E-state index in [4.69, 9.17) is 0 Å². The maximum atomic E-state index is 10.9. The van der Waals surface area contributed by atoms with E-state index in [9.17, 15) is 10.1 Å². The number of hydrogen-bond acceptors (Lipinski definition) is 4. The number of nitrogens with zero attached hydrogens (tertiary/aromatic N) is 3. The van der Waals surface area contributed by atoms with Crippen LogP contribution >= 0.6 is 0 Å². The first kappa shape index (κ1) is 14.1. The number of fused-ring (bicyclic) bond motifs is 1. The van der Waals surface area contributed by atoms with Crippen LogP contribution < -0.4 is 5.32 Å². The molecule has 1 aromatic heterocycles. The molecule has 0 atom stereocenters. The van der Waals surface area contributed by atoms with E-state index in [2.05, 4.69) is 14.9 Å². The van der Waals surface area contributed by atoms with Crippen LogP contribution in [0.4, 0.5) is 11.4 Å². The molecule has 0 aliphatic carbocycles. The predicted octanol–water partition coefficient (Wildman–Crippen LogP) is 3.45. The molecule has 3 rings (SSSR count). The number of aryl methyl sites for hydroxylation is 1. The molecule has 22 heavy (non-hydrogen) atoms. The molecule has 1 heterocycles. The highest BCUT2D eigenvalue weighted by Gasteiger charge is 2.11. The predicted molar refractivity (Wildman–Crippen MR) is 85.9 cm³/mol. The zero-order valence-electron chi connectivity index (χ0n) is 12.0. The summed E-state index contributed by atoms with van der Waals surface area (Å²) in [4.78, 5) is 14.9. The van der Waals surface area contributed by atoms with E-state index >= 15 is 0 Å². The molecule has 0 fully saturated rings. The molecule has 0 spiro atoms. The number of benzene rings is 2. The second kappa shape index (κ2) is 6.26. The fourth-order valence-electron chi connectivity index (χ4n) is 2.44. The number of hydrogen-bond donors (Lipinski definition) is 1. The van der Waals surface area contributed by atoms with E-state index in [1.165, 1.54) is 6.07 Å². The Balaban J connectivity index is 1.59. The summed E-state index contributed by atoms with van der Waals surface area (Å²) >= 11 is 0. The molecule has 0 bridgehead atoms. The lowest BCUT2D eigenvalue weighted by atomic mass is 10.2. The number of nitrogens with one attached hydrogen (secondary N) is 1. The lowest BCUT2D eigenvalue weighted by molar-refractivity contribution is -0.384. The summed E-state index contributed by atoms with van der Waals surface area (Å²) in [6.45, 7) is 1.48.